The lowest BCUT2D eigenvalue weighted by molar-refractivity contribution is 0.0882. The summed E-state index contributed by atoms with van der Waals surface area (Å²) < 4.78 is 0. The van der Waals surface area contributed by atoms with Gasteiger partial charge in [0.15, 0.2) is 5.78 Å². The van der Waals surface area contributed by atoms with Gasteiger partial charge < -0.3 is 5.32 Å². The van der Waals surface area contributed by atoms with Crippen LogP contribution in [0.15, 0.2) is 17.5 Å². The summed E-state index contributed by atoms with van der Waals surface area (Å²) in [4.78, 5) is 12.4. The molecule has 1 N–H and O–H groups in total. The number of hydrogen-bond acceptors (Lipinski definition) is 3. The molecule has 2 rings (SSSR count). The summed E-state index contributed by atoms with van der Waals surface area (Å²) in [5.74, 6) is 0.549. The first kappa shape index (κ1) is 7.00. The van der Waals surface area contributed by atoms with Crippen LogP contribution in [0.4, 0.5) is 0 Å². The van der Waals surface area contributed by atoms with Crippen LogP contribution in [0.25, 0.3) is 0 Å². The van der Waals surface area contributed by atoms with E-state index in [-0.39, 0.29) is 5.92 Å². The quantitative estimate of drug-likeness (QED) is 0.669. The van der Waals surface area contributed by atoms with E-state index in [1.165, 1.54) is 11.3 Å². The third kappa shape index (κ3) is 1.21. The van der Waals surface area contributed by atoms with Crippen LogP contribution in [-0.2, 0) is 0 Å². The van der Waals surface area contributed by atoms with Crippen LogP contribution in [-0.4, -0.2) is 18.9 Å². The van der Waals surface area contributed by atoms with Crippen molar-refractivity contribution in [3.8, 4) is 0 Å². The molecule has 0 amide bonds. The Morgan fingerprint density at radius 1 is 1.64 bits per heavy atom. The normalized spacial score (nSPS) is 17.8. The summed E-state index contributed by atoms with van der Waals surface area (Å²) >= 11 is 1.53. The summed E-state index contributed by atoms with van der Waals surface area (Å²) in [7, 11) is 0. The summed E-state index contributed by atoms with van der Waals surface area (Å²) in [5, 5.41) is 5.03. The van der Waals surface area contributed by atoms with Gasteiger partial charge in [0, 0.05) is 19.0 Å². The zero-order chi connectivity index (χ0) is 7.68. The zero-order valence-electron chi connectivity index (χ0n) is 6.04. The topological polar surface area (TPSA) is 29.1 Å². The Morgan fingerprint density at radius 2 is 2.45 bits per heavy atom. The Balaban J connectivity index is 2.10. The average molecular weight is 167 g/mol. The molecule has 2 heterocycles. The lowest BCUT2D eigenvalue weighted by Gasteiger charge is -2.24. The predicted octanol–water partition coefficient (Wildman–Crippen LogP) is 1.15. The first-order chi connectivity index (χ1) is 5.38. The van der Waals surface area contributed by atoms with Crippen molar-refractivity contribution in [2.75, 3.05) is 13.1 Å². The molecular formula is C8H9NOS. The molecule has 11 heavy (non-hydrogen) atoms. The van der Waals surface area contributed by atoms with Crippen LogP contribution >= 0.6 is 11.3 Å². The Morgan fingerprint density at radius 3 is 2.91 bits per heavy atom. The first-order valence-corrected chi connectivity index (χ1v) is 4.54. The number of ketones is 1. The van der Waals surface area contributed by atoms with Gasteiger partial charge in [0.05, 0.1) is 4.88 Å². The predicted molar refractivity (Wildman–Crippen MR) is 45.0 cm³/mol. The molecule has 1 aromatic rings. The average Bonchev–Trinajstić information content (AvgIpc) is 2.32. The van der Waals surface area contributed by atoms with E-state index < -0.39 is 0 Å². The number of rotatable bonds is 2. The molecule has 3 heteroatoms. The molecule has 1 saturated heterocycles. The van der Waals surface area contributed by atoms with Crippen molar-refractivity contribution in [3.05, 3.63) is 22.4 Å². The highest BCUT2D eigenvalue weighted by Crippen LogP contribution is 2.16. The summed E-state index contributed by atoms with van der Waals surface area (Å²) in [6.45, 7) is 1.72. The second-order valence-corrected chi connectivity index (χ2v) is 3.64. The van der Waals surface area contributed by atoms with Gasteiger partial charge in [-0.05, 0) is 11.4 Å². The molecule has 1 aliphatic heterocycles. The van der Waals surface area contributed by atoms with Gasteiger partial charge in [-0.25, -0.2) is 0 Å². The number of carbonyl (C=O) groups excluding carboxylic acids is 1. The largest absolute Gasteiger partial charge is 0.315 e. The van der Waals surface area contributed by atoms with Crippen LogP contribution < -0.4 is 5.32 Å². The third-order valence-electron chi connectivity index (χ3n) is 1.92. The van der Waals surface area contributed by atoms with Crippen LogP contribution in [0, 0.1) is 5.92 Å². The van der Waals surface area contributed by atoms with E-state index >= 15 is 0 Å². The maximum atomic E-state index is 11.5. The van der Waals surface area contributed by atoms with Crippen molar-refractivity contribution < 1.29 is 4.79 Å². The van der Waals surface area contributed by atoms with Crippen molar-refractivity contribution in [3.63, 3.8) is 0 Å². The van der Waals surface area contributed by atoms with Crippen LogP contribution in [0.2, 0.25) is 0 Å². The lowest BCUT2D eigenvalue weighted by Crippen LogP contribution is -2.46. The fourth-order valence-corrected chi connectivity index (χ4v) is 1.84. The molecule has 0 aromatic carbocycles. The standard InChI is InChI=1S/C8H9NOS/c10-8(6-4-9-5-6)7-2-1-3-11-7/h1-3,6,9H,4-5H2. The molecule has 2 nitrogen and oxygen atoms in total. The smallest absolute Gasteiger partial charge is 0.178 e. The minimum absolute atomic E-state index is 0.244. The molecule has 0 spiro atoms. The zero-order valence-corrected chi connectivity index (χ0v) is 6.86. The monoisotopic (exact) mass is 167 g/mol. The molecule has 0 unspecified atom stereocenters. The van der Waals surface area contributed by atoms with Crippen molar-refractivity contribution in [2.45, 2.75) is 0 Å². The minimum atomic E-state index is 0.244. The highest BCUT2D eigenvalue weighted by molar-refractivity contribution is 7.12. The second-order valence-electron chi connectivity index (χ2n) is 2.70. The Hall–Kier alpha value is -0.670. The Kier molecular flexibility index (Phi) is 1.75. The van der Waals surface area contributed by atoms with Crippen LogP contribution in [0.5, 0.6) is 0 Å². The van der Waals surface area contributed by atoms with Crippen molar-refractivity contribution >= 4 is 17.1 Å². The van der Waals surface area contributed by atoms with Crippen LogP contribution in [0.3, 0.4) is 0 Å². The van der Waals surface area contributed by atoms with E-state index in [1.54, 1.807) is 0 Å². The van der Waals surface area contributed by atoms with Gasteiger partial charge in [0.2, 0.25) is 0 Å². The molecule has 0 aliphatic carbocycles. The van der Waals surface area contributed by atoms with E-state index in [9.17, 15) is 4.79 Å². The van der Waals surface area contributed by atoms with Gasteiger partial charge in [-0.3, -0.25) is 4.79 Å². The molecule has 0 atom stereocenters. The minimum Gasteiger partial charge on any atom is -0.315 e. The van der Waals surface area contributed by atoms with E-state index in [2.05, 4.69) is 5.32 Å². The SMILES string of the molecule is O=C(c1cccs1)C1CNC1. The molecular weight excluding hydrogens is 158 g/mol. The van der Waals surface area contributed by atoms with Gasteiger partial charge in [-0.15, -0.1) is 11.3 Å². The van der Waals surface area contributed by atoms with E-state index in [1.807, 2.05) is 17.5 Å². The second kappa shape index (κ2) is 2.75. The first-order valence-electron chi connectivity index (χ1n) is 3.66. The van der Waals surface area contributed by atoms with E-state index in [0.717, 1.165) is 18.0 Å². The highest BCUT2D eigenvalue weighted by atomic mass is 32.1. The molecule has 1 fully saturated rings. The maximum absolute atomic E-state index is 11.5. The molecule has 0 saturated carbocycles. The number of thiophene rings is 1. The number of Topliss-reactive ketones (excluding diaryl/α,β-unsaturated/α-hetero) is 1. The van der Waals surface area contributed by atoms with Gasteiger partial charge in [-0.2, -0.15) is 0 Å². The van der Waals surface area contributed by atoms with Crippen LogP contribution in [0.1, 0.15) is 9.67 Å². The molecule has 1 aliphatic rings. The van der Waals surface area contributed by atoms with Crippen molar-refractivity contribution in [1.29, 1.82) is 0 Å². The fourth-order valence-electron chi connectivity index (χ4n) is 1.09. The number of carbonyl (C=O) groups is 1. The van der Waals surface area contributed by atoms with Gasteiger partial charge in [0.25, 0.3) is 0 Å². The molecule has 58 valence electrons. The summed E-state index contributed by atoms with van der Waals surface area (Å²) in [6, 6.07) is 3.81. The Bertz CT molecular complexity index is 251. The lowest BCUT2D eigenvalue weighted by atomic mass is 9.97. The van der Waals surface area contributed by atoms with E-state index in [0.29, 0.717) is 5.78 Å². The fraction of sp³-hybridized carbons (Fsp3) is 0.375. The molecule has 1 aromatic heterocycles. The maximum Gasteiger partial charge on any atom is 0.178 e. The third-order valence-corrected chi connectivity index (χ3v) is 2.80. The molecule has 0 radical (unpaired) electrons. The summed E-state index contributed by atoms with van der Waals surface area (Å²) in [5.41, 5.74) is 0. The number of hydrogen-bond donors (Lipinski definition) is 1. The van der Waals surface area contributed by atoms with Gasteiger partial charge in [-0.1, -0.05) is 6.07 Å². The van der Waals surface area contributed by atoms with Crippen molar-refractivity contribution in [1.82, 2.24) is 5.32 Å². The Labute approximate surface area is 69.2 Å². The van der Waals surface area contributed by atoms with Crippen molar-refractivity contribution in [2.24, 2.45) is 5.92 Å². The summed E-state index contributed by atoms with van der Waals surface area (Å²) in [6.07, 6.45) is 0. The number of nitrogens with one attached hydrogen (secondary N) is 1. The van der Waals surface area contributed by atoms with E-state index in [4.69, 9.17) is 0 Å². The molecule has 0 bridgehead atoms. The van der Waals surface area contributed by atoms with Gasteiger partial charge in [0.1, 0.15) is 0 Å². The highest BCUT2D eigenvalue weighted by Gasteiger charge is 2.26. The van der Waals surface area contributed by atoms with Gasteiger partial charge >= 0.3 is 0 Å².